The molecule has 1 aliphatic heterocycles. The van der Waals surface area contributed by atoms with Gasteiger partial charge >= 0.3 is 0 Å². The SMILES string of the molecule is NS(=O)(=O)c1ccc(Nc2ncc3cc4n(c3n2)C2(C=NC4)CCCCC2)cc1. The summed E-state index contributed by atoms with van der Waals surface area (Å²) >= 11 is 0. The lowest BCUT2D eigenvalue weighted by Crippen LogP contribution is -2.40. The molecular formula is C20H22N6O2S. The van der Waals surface area contributed by atoms with Crippen molar-refractivity contribution in [1.82, 2.24) is 14.5 Å². The second-order valence-electron chi connectivity index (χ2n) is 7.77. The molecule has 8 nitrogen and oxygen atoms in total. The lowest BCUT2D eigenvalue weighted by molar-refractivity contribution is 0.282. The summed E-state index contributed by atoms with van der Waals surface area (Å²) in [6, 6.07) is 8.35. The third kappa shape index (κ3) is 3.20. The lowest BCUT2D eigenvalue weighted by atomic mass is 9.81. The van der Waals surface area contributed by atoms with Crippen LogP contribution in [0.3, 0.4) is 0 Å². The molecule has 9 heteroatoms. The smallest absolute Gasteiger partial charge is 0.238 e. The Morgan fingerprint density at radius 3 is 2.59 bits per heavy atom. The monoisotopic (exact) mass is 410 g/mol. The van der Waals surface area contributed by atoms with E-state index >= 15 is 0 Å². The average molecular weight is 411 g/mol. The van der Waals surface area contributed by atoms with Crippen LogP contribution in [0.15, 0.2) is 46.4 Å². The molecule has 2 aromatic heterocycles. The van der Waals surface area contributed by atoms with Crippen LogP contribution in [0.2, 0.25) is 0 Å². The maximum Gasteiger partial charge on any atom is 0.238 e. The summed E-state index contributed by atoms with van der Waals surface area (Å²) in [5, 5.41) is 9.32. The van der Waals surface area contributed by atoms with Gasteiger partial charge < -0.3 is 9.88 Å². The molecule has 0 bridgehead atoms. The maximum atomic E-state index is 11.4. The molecule has 150 valence electrons. The first-order chi connectivity index (χ1) is 13.9. The highest BCUT2D eigenvalue weighted by Crippen LogP contribution is 2.39. The van der Waals surface area contributed by atoms with Crippen LogP contribution in [0.4, 0.5) is 11.6 Å². The summed E-state index contributed by atoms with van der Waals surface area (Å²) in [5.41, 5.74) is 2.69. The molecule has 3 heterocycles. The molecule has 1 aromatic carbocycles. The van der Waals surface area contributed by atoms with Gasteiger partial charge in [0.05, 0.1) is 17.0 Å². The minimum absolute atomic E-state index is 0.0682. The largest absolute Gasteiger partial charge is 0.324 e. The third-order valence-electron chi connectivity index (χ3n) is 5.81. The van der Waals surface area contributed by atoms with Crippen molar-refractivity contribution in [2.45, 2.75) is 49.1 Å². The number of fused-ring (bicyclic) bond motifs is 4. The fourth-order valence-electron chi connectivity index (χ4n) is 4.46. The Morgan fingerprint density at radius 1 is 1.10 bits per heavy atom. The van der Waals surface area contributed by atoms with Crippen LogP contribution in [0.5, 0.6) is 0 Å². The van der Waals surface area contributed by atoms with E-state index in [-0.39, 0.29) is 10.4 Å². The van der Waals surface area contributed by atoms with Crippen LogP contribution in [0, 0.1) is 0 Å². The zero-order valence-electron chi connectivity index (χ0n) is 15.9. The van der Waals surface area contributed by atoms with Gasteiger partial charge in [0, 0.05) is 29.2 Å². The van der Waals surface area contributed by atoms with Gasteiger partial charge in [-0.3, -0.25) is 4.99 Å². The van der Waals surface area contributed by atoms with Gasteiger partial charge in [0.25, 0.3) is 0 Å². The first-order valence-electron chi connectivity index (χ1n) is 9.73. The van der Waals surface area contributed by atoms with E-state index in [1.807, 2.05) is 6.20 Å². The molecule has 3 N–H and O–H groups in total. The van der Waals surface area contributed by atoms with E-state index in [9.17, 15) is 8.42 Å². The Morgan fingerprint density at radius 2 is 1.86 bits per heavy atom. The van der Waals surface area contributed by atoms with E-state index in [2.05, 4.69) is 32.1 Å². The van der Waals surface area contributed by atoms with Gasteiger partial charge in [-0.25, -0.2) is 18.5 Å². The van der Waals surface area contributed by atoms with E-state index in [1.54, 1.807) is 12.1 Å². The van der Waals surface area contributed by atoms with Gasteiger partial charge in [-0.05, 0) is 43.2 Å². The minimum Gasteiger partial charge on any atom is -0.324 e. The predicted octanol–water partition coefficient (Wildman–Crippen LogP) is 3.07. The summed E-state index contributed by atoms with van der Waals surface area (Å²) < 4.78 is 25.2. The van der Waals surface area contributed by atoms with Crippen molar-refractivity contribution < 1.29 is 8.42 Å². The topological polar surface area (TPSA) is 115 Å². The van der Waals surface area contributed by atoms with Crippen molar-refractivity contribution in [1.29, 1.82) is 0 Å². The van der Waals surface area contributed by atoms with Gasteiger partial charge in [-0.1, -0.05) is 19.3 Å². The number of nitrogens with two attached hydrogens (primary N) is 1. The second-order valence-corrected chi connectivity index (χ2v) is 9.33. The number of primary sulfonamides is 1. The minimum atomic E-state index is -3.71. The van der Waals surface area contributed by atoms with Crippen molar-refractivity contribution in [2.24, 2.45) is 10.1 Å². The molecule has 5 rings (SSSR count). The van der Waals surface area contributed by atoms with E-state index in [1.165, 1.54) is 37.1 Å². The van der Waals surface area contributed by atoms with Gasteiger partial charge in [-0.2, -0.15) is 4.98 Å². The Balaban J connectivity index is 1.52. The Labute approximate surface area is 168 Å². The average Bonchev–Trinajstić information content (AvgIpc) is 3.08. The lowest BCUT2D eigenvalue weighted by Gasteiger charge is -2.39. The van der Waals surface area contributed by atoms with E-state index < -0.39 is 10.0 Å². The Bertz CT molecular complexity index is 1210. The van der Waals surface area contributed by atoms with Crippen LogP contribution >= 0.6 is 0 Å². The molecular weight excluding hydrogens is 388 g/mol. The zero-order chi connectivity index (χ0) is 20.1. The molecule has 3 aromatic rings. The number of anilines is 2. The van der Waals surface area contributed by atoms with Crippen molar-refractivity contribution in [3.05, 3.63) is 42.2 Å². The standard InChI is InChI=1S/C20H22N6O2S/c21-29(27,28)17-6-4-15(5-7-17)24-19-23-11-14-10-16-12-22-13-20(8-2-1-3-9-20)26(16)18(14)25-19/h4-7,10-11,13H,1-3,8-9,12H2,(H2,21,27,28)(H,23,24,25). The van der Waals surface area contributed by atoms with E-state index in [4.69, 9.17) is 10.1 Å². The number of nitrogens with one attached hydrogen (secondary N) is 1. The molecule has 1 aliphatic carbocycles. The summed E-state index contributed by atoms with van der Waals surface area (Å²) in [7, 11) is -3.71. The number of aromatic nitrogens is 3. The van der Waals surface area contributed by atoms with Crippen molar-refractivity contribution in [2.75, 3.05) is 5.32 Å². The van der Waals surface area contributed by atoms with Gasteiger partial charge in [0.1, 0.15) is 5.65 Å². The van der Waals surface area contributed by atoms with E-state index in [0.717, 1.165) is 23.9 Å². The molecule has 0 atom stereocenters. The number of hydrogen-bond acceptors (Lipinski definition) is 6. The second kappa shape index (κ2) is 6.64. The predicted molar refractivity (Wildman–Crippen MR) is 112 cm³/mol. The first-order valence-corrected chi connectivity index (χ1v) is 11.3. The Hall–Kier alpha value is -2.78. The van der Waals surface area contributed by atoms with Crippen LogP contribution in [0.1, 0.15) is 37.8 Å². The van der Waals surface area contributed by atoms with Crippen molar-refractivity contribution in [3.63, 3.8) is 0 Å². The fraction of sp³-hybridized carbons (Fsp3) is 0.350. The number of hydrogen-bond donors (Lipinski definition) is 2. The highest BCUT2D eigenvalue weighted by Gasteiger charge is 2.37. The number of rotatable bonds is 3. The molecule has 0 saturated heterocycles. The molecule has 29 heavy (non-hydrogen) atoms. The highest BCUT2D eigenvalue weighted by atomic mass is 32.2. The molecule has 1 fully saturated rings. The van der Waals surface area contributed by atoms with Crippen LogP contribution < -0.4 is 10.5 Å². The molecule has 2 aliphatic rings. The normalized spacial score (nSPS) is 18.1. The van der Waals surface area contributed by atoms with Gasteiger partial charge in [0.15, 0.2) is 0 Å². The van der Waals surface area contributed by atoms with Crippen LogP contribution in [-0.2, 0) is 22.1 Å². The highest BCUT2D eigenvalue weighted by molar-refractivity contribution is 7.89. The van der Waals surface area contributed by atoms with Gasteiger partial charge in [-0.15, -0.1) is 0 Å². The summed E-state index contributed by atoms with van der Waals surface area (Å²) in [6.45, 7) is 0.663. The maximum absolute atomic E-state index is 11.4. The van der Waals surface area contributed by atoms with Crippen LogP contribution in [0.25, 0.3) is 11.0 Å². The van der Waals surface area contributed by atoms with Crippen LogP contribution in [-0.4, -0.2) is 29.2 Å². The number of benzene rings is 1. The summed E-state index contributed by atoms with van der Waals surface area (Å²) in [6.07, 6.45) is 9.75. The summed E-state index contributed by atoms with van der Waals surface area (Å²) in [4.78, 5) is 13.9. The molecule has 1 spiro atoms. The fourth-order valence-corrected chi connectivity index (χ4v) is 4.97. The number of aliphatic imine (C=N–C) groups is 1. The molecule has 0 radical (unpaired) electrons. The Kier molecular flexibility index (Phi) is 4.18. The number of sulfonamides is 1. The zero-order valence-corrected chi connectivity index (χ0v) is 16.7. The van der Waals surface area contributed by atoms with E-state index in [0.29, 0.717) is 18.2 Å². The third-order valence-corrected chi connectivity index (χ3v) is 6.73. The van der Waals surface area contributed by atoms with Gasteiger partial charge in [0.2, 0.25) is 16.0 Å². The molecule has 0 amide bonds. The quantitative estimate of drug-likeness (QED) is 0.688. The first kappa shape index (κ1) is 18.3. The van der Waals surface area contributed by atoms with Crippen molar-refractivity contribution in [3.8, 4) is 0 Å². The molecule has 1 saturated carbocycles. The van der Waals surface area contributed by atoms with Crippen molar-refractivity contribution >= 4 is 38.9 Å². The number of nitrogens with zero attached hydrogens (tertiary/aromatic N) is 4. The summed E-state index contributed by atoms with van der Waals surface area (Å²) in [5.74, 6) is 0.468. The molecule has 0 unspecified atom stereocenters.